The molecule has 0 radical (unpaired) electrons. The van der Waals surface area contributed by atoms with E-state index in [1.54, 1.807) is 25.7 Å². The van der Waals surface area contributed by atoms with E-state index < -0.39 is 17.4 Å². The first-order valence-electron chi connectivity index (χ1n) is 9.30. The SMILES string of the molecule is CN1CCN(C(=O)C[C@@](O)(Cc2ccccc2)NC(=O)OC(C)(C)C)CC1. The third kappa shape index (κ3) is 7.19. The van der Waals surface area contributed by atoms with Crippen molar-refractivity contribution in [2.75, 3.05) is 33.2 Å². The predicted octanol–water partition coefficient (Wildman–Crippen LogP) is 1.61. The molecule has 0 unspecified atom stereocenters. The van der Waals surface area contributed by atoms with Crippen LogP contribution in [0.2, 0.25) is 0 Å². The van der Waals surface area contributed by atoms with E-state index in [-0.39, 0.29) is 18.7 Å². The van der Waals surface area contributed by atoms with Crippen LogP contribution in [0.4, 0.5) is 4.79 Å². The van der Waals surface area contributed by atoms with Crippen LogP contribution in [0, 0.1) is 0 Å². The second kappa shape index (κ2) is 8.71. The van der Waals surface area contributed by atoms with Crippen molar-refractivity contribution in [1.82, 2.24) is 15.1 Å². The molecule has 0 aliphatic carbocycles. The molecule has 7 heteroatoms. The summed E-state index contributed by atoms with van der Waals surface area (Å²) in [5.74, 6) is -0.183. The predicted molar refractivity (Wildman–Crippen MR) is 103 cm³/mol. The van der Waals surface area contributed by atoms with Crippen LogP contribution in [0.3, 0.4) is 0 Å². The molecule has 150 valence electrons. The van der Waals surface area contributed by atoms with Crippen LogP contribution >= 0.6 is 0 Å². The Morgan fingerprint density at radius 1 is 1.11 bits per heavy atom. The van der Waals surface area contributed by atoms with Crippen molar-refractivity contribution in [2.45, 2.75) is 44.9 Å². The summed E-state index contributed by atoms with van der Waals surface area (Å²) in [6, 6.07) is 9.28. The molecule has 0 aromatic heterocycles. The lowest BCUT2D eigenvalue weighted by atomic mass is 9.98. The van der Waals surface area contributed by atoms with Gasteiger partial charge in [0.1, 0.15) is 5.60 Å². The monoisotopic (exact) mass is 377 g/mol. The molecule has 1 aliphatic rings. The van der Waals surface area contributed by atoms with E-state index >= 15 is 0 Å². The summed E-state index contributed by atoms with van der Waals surface area (Å²) in [5, 5.41) is 13.6. The Balaban J connectivity index is 2.10. The minimum atomic E-state index is -1.72. The summed E-state index contributed by atoms with van der Waals surface area (Å²) in [4.78, 5) is 28.9. The number of nitrogens with zero attached hydrogens (tertiary/aromatic N) is 2. The number of amides is 2. The molecule has 1 aromatic rings. The van der Waals surface area contributed by atoms with Crippen LogP contribution in [0.5, 0.6) is 0 Å². The van der Waals surface area contributed by atoms with Gasteiger partial charge in [-0.15, -0.1) is 0 Å². The molecule has 7 nitrogen and oxygen atoms in total. The lowest BCUT2D eigenvalue weighted by molar-refractivity contribution is -0.139. The van der Waals surface area contributed by atoms with Crippen LogP contribution < -0.4 is 5.32 Å². The number of hydrogen-bond acceptors (Lipinski definition) is 5. The van der Waals surface area contributed by atoms with Gasteiger partial charge in [0.15, 0.2) is 5.72 Å². The fraction of sp³-hybridized carbons (Fsp3) is 0.600. The highest BCUT2D eigenvalue weighted by atomic mass is 16.6. The minimum Gasteiger partial charge on any atom is -0.444 e. The van der Waals surface area contributed by atoms with E-state index in [1.165, 1.54) is 0 Å². The van der Waals surface area contributed by atoms with Crippen molar-refractivity contribution < 1.29 is 19.4 Å². The number of hydrogen-bond donors (Lipinski definition) is 2. The van der Waals surface area contributed by atoms with Crippen molar-refractivity contribution in [3.63, 3.8) is 0 Å². The molecule has 0 saturated carbocycles. The fourth-order valence-electron chi connectivity index (χ4n) is 3.00. The molecule has 1 saturated heterocycles. The Kier molecular flexibility index (Phi) is 6.84. The normalized spacial score (nSPS) is 17.9. The van der Waals surface area contributed by atoms with Crippen molar-refractivity contribution in [2.24, 2.45) is 0 Å². The molecule has 1 aliphatic heterocycles. The lowest BCUT2D eigenvalue weighted by Crippen LogP contribution is -2.56. The first-order chi connectivity index (χ1) is 12.6. The Morgan fingerprint density at radius 3 is 2.26 bits per heavy atom. The molecule has 1 aromatic carbocycles. The van der Waals surface area contributed by atoms with Gasteiger partial charge < -0.3 is 19.6 Å². The van der Waals surface area contributed by atoms with Gasteiger partial charge in [0.2, 0.25) is 5.91 Å². The average molecular weight is 377 g/mol. The molecular formula is C20H31N3O4. The average Bonchev–Trinajstić information content (AvgIpc) is 2.53. The van der Waals surface area contributed by atoms with Crippen LogP contribution in [-0.4, -0.2) is 71.5 Å². The Hall–Kier alpha value is -2.12. The minimum absolute atomic E-state index is 0.118. The number of piperazine rings is 1. The molecule has 1 fully saturated rings. The zero-order valence-corrected chi connectivity index (χ0v) is 16.7. The standard InChI is InChI=1S/C20H31N3O4/c1-19(2,3)27-18(25)21-20(26,14-16-8-6-5-7-9-16)15-17(24)23-12-10-22(4)11-13-23/h5-9,26H,10-15H2,1-4H3,(H,21,25)/t20-/m0/s1. The van der Waals surface area contributed by atoms with Gasteiger partial charge >= 0.3 is 6.09 Å². The first kappa shape index (κ1) is 21.2. The molecule has 1 atom stereocenters. The van der Waals surface area contributed by atoms with Crippen LogP contribution in [-0.2, 0) is 16.0 Å². The van der Waals surface area contributed by atoms with E-state index in [0.29, 0.717) is 13.1 Å². The highest BCUT2D eigenvalue weighted by Crippen LogP contribution is 2.19. The third-order valence-electron chi connectivity index (χ3n) is 4.37. The maximum Gasteiger partial charge on any atom is 0.409 e. The van der Waals surface area contributed by atoms with Crippen molar-refractivity contribution in [1.29, 1.82) is 0 Å². The number of rotatable bonds is 5. The number of ether oxygens (including phenoxy) is 1. The van der Waals surface area contributed by atoms with Gasteiger partial charge in [-0.3, -0.25) is 10.1 Å². The van der Waals surface area contributed by atoms with Gasteiger partial charge in [0, 0.05) is 32.6 Å². The third-order valence-corrected chi connectivity index (χ3v) is 4.37. The highest BCUT2D eigenvalue weighted by molar-refractivity contribution is 5.78. The summed E-state index contributed by atoms with van der Waals surface area (Å²) in [6.07, 6.45) is -0.829. The molecule has 0 bridgehead atoms. The van der Waals surface area contributed by atoms with Gasteiger partial charge in [-0.1, -0.05) is 30.3 Å². The van der Waals surface area contributed by atoms with E-state index in [4.69, 9.17) is 4.74 Å². The second-order valence-electron chi connectivity index (χ2n) is 8.18. The van der Waals surface area contributed by atoms with Gasteiger partial charge in [-0.05, 0) is 33.4 Å². The summed E-state index contributed by atoms with van der Waals surface area (Å²) in [7, 11) is 2.01. The topological polar surface area (TPSA) is 82.1 Å². The number of aliphatic hydroxyl groups is 1. The molecular weight excluding hydrogens is 346 g/mol. The van der Waals surface area contributed by atoms with E-state index in [9.17, 15) is 14.7 Å². The smallest absolute Gasteiger partial charge is 0.409 e. The van der Waals surface area contributed by atoms with Crippen molar-refractivity contribution in [3.05, 3.63) is 35.9 Å². The van der Waals surface area contributed by atoms with Gasteiger partial charge in [-0.25, -0.2) is 4.79 Å². The Labute approximate surface area is 161 Å². The number of nitrogens with one attached hydrogen (secondary N) is 1. The molecule has 2 rings (SSSR count). The highest BCUT2D eigenvalue weighted by Gasteiger charge is 2.36. The zero-order valence-electron chi connectivity index (χ0n) is 16.7. The summed E-state index contributed by atoms with van der Waals surface area (Å²) < 4.78 is 5.27. The van der Waals surface area contributed by atoms with E-state index in [2.05, 4.69) is 10.2 Å². The van der Waals surface area contributed by atoms with Crippen molar-refractivity contribution in [3.8, 4) is 0 Å². The zero-order chi connectivity index (χ0) is 20.1. The van der Waals surface area contributed by atoms with E-state index in [0.717, 1.165) is 18.7 Å². The fourth-order valence-corrected chi connectivity index (χ4v) is 3.00. The Bertz CT molecular complexity index is 636. The van der Waals surface area contributed by atoms with Gasteiger partial charge in [0.05, 0.1) is 6.42 Å². The molecule has 0 spiro atoms. The van der Waals surface area contributed by atoms with E-state index in [1.807, 2.05) is 37.4 Å². The molecule has 2 amide bonds. The summed E-state index contributed by atoms with van der Waals surface area (Å²) >= 11 is 0. The number of alkyl carbamates (subject to hydrolysis) is 1. The Morgan fingerprint density at radius 2 is 1.70 bits per heavy atom. The quantitative estimate of drug-likeness (QED) is 0.762. The second-order valence-corrected chi connectivity index (χ2v) is 8.18. The number of benzene rings is 1. The van der Waals surface area contributed by atoms with Gasteiger partial charge in [0.25, 0.3) is 0 Å². The maximum atomic E-state index is 12.7. The molecule has 2 N–H and O–H groups in total. The number of carbonyl (C=O) groups is 2. The molecule has 27 heavy (non-hydrogen) atoms. The number of carbonyl (C=O) groups excluding carboxylic acids is 2. The maximum absolute atomic E-state index is 12.7. The molecule has 1 heterocycles. The summed E-state index contributed by atoms with van der Waals surface area (Å²) in [5.41, 5.74) is -1.59. The first-order valence-corrected chi connectivity index (χ1v) is 9.30. The summed E-state index contributed by atoms with van der Waals surface area (Å²) in [6.45, 7) is 8.06. The largest absolute Gasteiger partial charge is 0.444 e. The van der Waals surface area contributed by atoms with Gasteiger partial charge in [-0.2, -0.15) is 0 Å². The van der Waals surface area contributed by atoms with Crippen LogP contribution in [0.25, 0.3) is 0 Å². The van der Waals surface area contributed by atoms with Crippen LogP contribution in [0.15, 0.2) is 30.3 Å². The lowest BCUT2D eigenvalue weighted by Gasteiger charge is -2.36. The number of likely N-dealkylation sites (N-methyl/N-ethyl adjacent to an activating group) is 1. The van der Waals surface area contributed by atoms with Crippen LogP contribution in [0.1, 0.15) is 32.8 Å². The van der Waals surface area contributed by atoms with Crippen molar-refractivity contribution >= 4 is 12.0 Å².